The molecule has 1 saturated carbocycles. The van der Waals surface area contributed by atoms with Gasteiger partial charge < -0.3 is 10.1 Å². The second-order valence-electron chi connectivity index (χ2n) is 5.17. The Morgan fingerprint density at radius 3 is 2.72 bits per heavy atom. The first-order valence-electron chi connectivity index (χ1n) is 7.20. The van der Waals surface area contributed by atoms with Crippen molar-refractivity contribution in [3.05, 3.63) is 35.4 Å². The van der Waals surface area contributed by atoms with E-state index in [0.717, 1.165) is 25.6 Å². The van der Waals surface area contributed by atoms with Crippen molar-refractivity contribution in [1.82, 2.24) is 5.32 Å². The van der Waals surface area contributed by atoms with E-state index in [4.69, 9.17) is 4.74 Å². The van der Waals surface area contributed by atoms with Gasteiger partial charge in [-0.3, -0.25) is 0 Å². The van der Waals surface area contributed by atoms with Crippen molar-refractivity contribution in [1.29, 1.82) is 0 Å². The molecule has 0 aliphatic heterocycles. The molecular weight excluding hydrogens is 222 g/mol. The molecule has 2 rings (SSSR count). The van der Waals surface area contributed by atoms with Crippen LogP contribution < -0.4 is 5.32 Å². The lowest BCUT2D eigenvalue weighted by Gasteiger charge is -2.30. The molecule has 0 heterocycles. The van der Waals surface area contributed by atoms with Crippen LogP contribution in [0.4, 0.5) is 0 Å². The molecular formula is C16H25NO. The molecule has 1 atom stereocenters. The van der Waals surface area contributed by atoms with Crippen molar-refractivity contribution in [3.63, 3.8) is 0 Å². The van der Waals surface area contributed by atoms with Crippen molar-refractivity contribution >= 4 is 0 Å². The molecule has 0 amide bonds. The Hall–Kier alpha value is -0.860. The van der Waals surface area contributed by atoms with Gasteiger partial charge in [-0.15, -0.1) is 0 Å². The Morgan fingerprint density at radius 2 is 2.11 bits per heavy atom. The standard InChI is InChI=1S/C16H25NO/c1-3-11-18-12-16(17-2)15-10-5-4-9-14(15)13-7-6-8-13/h4-5,9-10,13,16-17H,3,6-8,11-12H2,1-2H3. The summed E-state index contributed by atoms with van der Waals surface area (Å²) >= 11 is 0. The molecule has 1 N–H and O–H groups in total. The average molecular weight is 247 g/mol. The fourth-order valence-corrected chi connectivity index (χ4v) is 2.59. The molecule has 1 aromatic carbocycles. The van der Waals surface area contributed by atoms with Crippen LogP contribution in [0.2, 0.25) is 0 Å². The van der Waals surface area contributed by atoms with Crippen molar-refractivity contribution in [2.45, 2.75) is 44.6 Å². The Bertz CT molecular complexity index is 360. The number of hydrogen-bond donors (Lipinski definition) is 1. The van der Waals surface area contributed by atoms with Gasteiger partial charge >= 0.3 is 0 Å². The van der Waals surface area contributed by atoms with Crippen LogP contribution in [0.25, 0.3) is 0 Å². The molecule has 1 aliphatic carbocycles. The van der Waals surface area contributed by atoms with Crippen LogP contribution in [0.3, 0.4) is 0 Å². The first kappa shape index (κ1) is 13.6. The molecule has 0 bridgehead atoms. The number of ether oxygens (including phenoxy) is 1. The van der Waals surface area contributed by atoms with E-state index < -0.39 is 0 Å². The van der Waals surface area contributed by atoms with Crippen molar-refractivity contribution in [3.8, 4) is 0 Å². The largest absolute Gasteiger partial charge is 0.379 e. The summed E-state index contributed by atoms with van der Waals surface area (Å²) in [6.45, 7) is 3.77. The maximum Gasteiger partial charge on any atom is 0.0661 e. The fraction of sp³-hybridized carbons (Fsp3) is 0.625. The van der Waals surface area contributed by atoms with Crippen molar-refractivity contribution in [2.24, 2.45) is 0 Å². The summed E-state index contributed by atoms with van der Waals surface area (Å²) in [4.78, 5) is 0. The zero-order valence-electron chi connectivity index (χ0n) is 11.6. The van der Waals surface area contributed by atoms with E-state index in [2.05, 4.69) is 36.5 Å². The Morgan fingerprint density at radius 1 is 1.33 bits per heavy atom. The van der Waals surface area contributed by atoms with Crippen molar-refractivity contribution < 1.29 is 4.74 Å². The SMILES string of the molecule is CCCOCC(NC)c1ccccc1C1CCC1. The zero-order chi connectivity index (χ0) is 12.8. The molecule has 0 radical (unpaired) electrons. The summed E-state index contributed by atoms with van der Waals surface area (Å²) in [5.74, 6) is 0.781. The molecule has 1 aliphatic rings. The molecule has 0 saturated heterocycles. The summed E-state index contributed by atoms with van der Waals surface area (Å²) in [6.07, 6.45) is 5.17. The highest BCUT2D eigenvalue weighted by Gasteiger charge is 2.24. The fourth-order valence-electron chi connectivity index (χ4n) is 2.59. The van der Waals surface area contributed by atoms with Crippen LogP contribution in [0.15, 0.2) is 24.3 Å². The third-order valence-electron chi connectivity index (χ3n) is 3.90. The van der Waals surface area contributed by atoms with Gasteiger partial charge in [0.15, 0.2) is 0 Å². The quantitative estimate of drug-likeness (QED) is 0.743. The minimum Gasteiger partial charge on any atom is -0.379 e. The highest BCUT2D eigenvalue weighted by atomic mass is 16.5. The highest BCUT2D eigenvalue weighted by molar-refractivity contribution is 5.34. The lowest BCUT2D eigenvalue weighted by molar-refractivity contribution is 0.113. The number of benzene rings is 1. The lowest BCUT2D eigenvalue weighted by Crippen LogP contribution is -2.24. The summed E-state index contributed by atoms with van der Waals surface area (Å²) < 4.78 is 5.71. The zero-order valence-corrected chi connectivity index (χ0v) is 11.6. The van der Waals surface area contributed by atoms with Crippen molar-refractivity contribution in [2.75, 3.05) is 20.3 Å². The second kappa shape index (κ2) is 6.91. The van der Waals surface area contributed by atoms with Gasteiger partial charge in [0.1, 0.15) is 0 Å². The van der Waals surface area contributed by atoms with E-state index in [9.17, 15) is 0 Å². The normalized spacial score (nSPS) is 17.4. The monoisotopic (exact) mass is 247 g/mol. The summed E-state index contributed by atoms with van der Waals surface area (Å²) in [5.41, 5.74) is 2.96. The van der Waals surface area contributed by atoms with Gasteiger partial charge in [-0.2, -0.15) is 0 Å². The molecule has 18 heavy (non-hydrogen) atoms. The minimum atomic E-state index is 0.327. The maximum absolute atomic E-state index is 5.71. The van der Waals surface area contributed by atoms with Gasteiger partial charge in [0, 0.05) is 6.61 Å². The third kappa shape index (κ3) is 3.12. The molecule has 100 valence electrons. The number of nitrogens with one attached hydrogen (secondary N) is 1. The Balaban J connectivity index is 2.08. The molecule has 1 unspecified atom stereocenters. The minimum absolute atomic E-state index is 0.327. The second-order valence-corrected chi connectivity index (χ2v) is 5.17. The molecule has 0 aromatic heterocycles. The van der Waals surface area contributed by atoms with Crippen LogP contribution in [-0.2, 0) is 4.74 Å². The lowest BCUT2D eigenvalue weighted by atomic mass is 9.77. The summed E-state index contributed by atoms with van der Waals surface area (Å²) in [7, 11) is 2.03. The summed E-state index contributed by atoms with van der Waals surface area (Å²) in [5, 5.41) is 3.40. The molecule has 2 nitrogen and oxygen atoms in total. The van der Waals surface area contributed by atoms with Gasteiger partial charge in [0.05, 0.1) is 12.6 Å². The van der Waals surface area contributed by atoms with E-state index in [1.807, 2.05) is 7.05 Å². The average Bonchev–Trinajstić information content (AvgIpc) is 2.34. The molecule has 2 heteroatoms. The van der Waals surface area contributed by atoms with Gasteiger partial charge in [0.25, 0.3) is 0 Å². The molecule has 1 aromatic rings. The smallest absolute Gasteiger partial charge is 0.0661 e. The Labute approximate surface area is 111 Å². The summed E-state index contributed by atoms with van der Waals surface area (Å²) in [6, 6.07) is 9.18. The van der Waals surface area contributed by atoms with E-state index in [-0.39, 0.29) is 0 Å². The van der Waals surface area contributed by atoms with E-state index >= 15 is 0 Å². The number of likely N-dealkylation sites (N-methyl/N-ethyl adjacent to an activating group) is 1. The van der Waals surface area contributed by atoms with Gasteiger partial charge in [-0.05, 0) is 43.4 Å². The third-order valence-corrected chi connectivity index (χ3v) is 3.90. The van der Waals surface area contributed by atoms with Crippen LogP contribution in [0.5, 0.6) is 0 Å². The molecule has 0 spiro atoms. The highest BCUT2D eigenvalue weighted by Crippen LogP contribution is 2.39. The molecule has 1 fully saturated rings. The van der Waals surface area contributed by atoms with E-state index in [0.29, 0.717) is 6.04 Å². The first-order chi connectivity index (χ1) is 8.86. The predicted molar refractivity (Wildman–Crippen MR) is 75.9 cm³/mol. The van der Waals surface area contributed by atoms with Gasteiger partial charge in [0.2, 0.25) is 0 Å². The van der Waals surface area contributed by atoms with E-state index in [1.54, 1.807) is 0 Å². The van der Waals surface area contributed by atoms with Crippen LogP contribution in [0, 0.1) is 0 Å². The number of rotatable bonds is 7. The van der Waals surface area contributed by atoms with Crippen LogP contribution >= 0.6 is 0 Å². The number of hydrogen-bond acceptors (Lipinski definition) is 2. The van der Waals surface area contributed by atoms with E-state index in [1.165, 1.54) is 30.4 Å². The Kier molecular flexibility index (Phi) is 5.21. The maximum atomic E-state index is 5.71. The first-order valence-corrected chi connectivity index (χ1v) is 7.20. The topological polar surface area (TPSA) is 21.3 Å². The van der Waals surface area contributed by atoms with Gasteiger partial charge in [-0.1, -0.05) is 37.6 Å². The van der Waals surface area contributed by atoms with Gasteiger partial charge in [-0.25, -0.2) is 0 Å². The van der Waals surface area contributed by atoms with Crippen LogP contribution in [-0.4, -0.2) is 20.3 Å². The predicted octanol–water partition coefficient (Wildman–Crippen LogP) is 3.64. The van der Waals surface area contributed by atoms with Crippen LogP contribution in [0.1, 0.15) is 55.7 Å².